The Hall–Kier alpha value is -4.30. The number of hydrogen-bond acceptors (Lipinski definition) is 6. The number of nitrogens with one attached hydrogen (secondary N) is 1. The van der Waals surface area contributed by atoms with Crippen LogP contribution >= 0.6 is 11.6 Å². The van der Waals surface area contributed by atoms with Crippen molar-refractivity contribution < 1.29 is 23.6 Å². The monoisotopic (exact) mass is 492 g/mol. The van der Waals surface area contributed by atoms with E-state index >= 15 is 0 Å². The fourth-order valence-corrected chi connectivity index (χ4v) is 3.37. The largest absolute Gasteiger partial charge is 0.485 e. The SMILES string of the molecule is Cc1ccc(C)c(OCc2ccc(C(=O)Nc3cc(Oc4ccc(Cl)cc4)cc([N+](=O)[O-])c3)o2)c1. The number of rotatable bonds is 8. The molecule has 0 aliphatic rings. The number of nitrogens with zero attached hydrogens (tertiary/aromatic N) is 1. The molecule has 0 unspecified atom stereocenters. The van der Waals surface area contributed by atoms with Crippen LogP contribution < -0.4 is 14.8 Å². The molecule has 35 heavy (non-hydrogen) atoms. The summed E-state index contributed by atoms with van der Waals surface area (Å²) in [5.74, 6) is 1.28. The third-order valence-electron chi connectivity index (χ3n) is 5.01. The number of ether oxygens (including phenoxy) is 2. The smallest absolute Gasteiger partial charge is 0.291 e. The average Bonchev–Trinajstić information content (AvgIpc) is 3.30. The van der Waals surface area contributed by atoms with Gasteiger partial charge in [-0.1, -0.05) is 23.7 Å². The Morgan fingerprint density at radius 1 is 1.00 bits per heavy atom. The Morgan fingerprint density at radius 2 is 1.77 bits per heavy atom. The van der Waals surface area contributed by atoms with Crippen LogP contribution in [0.1, 0.15) is 27.4 Å². The highest BCUT2D eigenvalue weighted by Gasteiger charge is 2.16. The number of hydrogen-bond donors (Lipinski definition) is 1. The number of amides is 1. The number of halogens is 1. The van der Waals surface area contributed by atoms with E-state index in [9.17, 15) is 14.9 Å². The molecule has 178 valence electrons. The molecule has 8 nitrogen and oxygen atoms in total. The molecule has 1 N–H and O–H groups in total. The molecule has 0 bridgehead atoms. The van der Waals surface area contributed by atoms with E-state index in [1.807, 2.05) is 32.0 Å². The highest BCUT2D eigenvalue weighted by Crippen LogP contribution is 2.30. The maximum Gasteiger partial charge on any atom is 0.291 e. The summed E-state index contributed by atoms with van der Waals surface area (Å²) in [4.78, 5) is 23.5. The van der Waals surface area contributed by atoms with Gasteiger partial charge in [0.05, 0.1) is 16.7 Å². The summed E-state index contributed by atoms with van der Waals surface area (Å²) in [6.07, 6.45) is 0. The first-order chi connectivity index (χ1) is 16.8. The second-order valence-corrected chi connectivity index (χ2v) is 8.24. The standard InChI is InChI=1S/C26H21ClN2O6/c1-16-3-4-17(2)25(11-16)33-15-22-9-10-24(35-22)26(30)28-19-12-20(29(31)32)14-23(13-19)34-21-7-5-18(27)6-8-21/h3-14H,15H2,1-2H3,(H,28,30). The van der Waals surface area contributed by atoms with Crippen LogP contribution in [0.15, 0.2) is 77.2 Å². The Bertz CT molecular complexity index is 1380. The molecule has 1 amide bonds. The molecule has 0 saturated heterocycles. The molecule has 4 rings (SSSR count). The summed E-state index contributed by atoms with van der Waals surface area (Å²) in [6, 6.07) is 19.6. The zero-order valence-corrected chi connectivity index (χ0v) is 19.7. The van der Waals surface area contributed by atoms with Gasteiger partial charge in [-0.3, -0.25) is 14.9 Å². The molecular formula is C26H21ClN2O6. The van der Waals surface area contributed by atoms with Gasteiger partial charge in [0.1, 0.15) is 29.6 Å². The number of non-ortho nitro benzene ring substituents is 1. The summed E-state index contributed by atoms with van der Waals surface area (Å²) in [6.45, 7) is 4.06. The van der Waals surface area contributed by atoms with Gasteiger partial charge in [-0.15, -0.1) is 0 Å². The Morgan fingerprint density at radius 3 is 2.51 bits per heavy atom. The third kappa shape index (κ3) is 6.18. The number of carbonyl (C=O) groups excluding carboxylic acids is 1. The Balaban J connectivity index is 1.46. The van der Waals surface area contributed by atoms with Crippen LogP contribution in [-0.4, -0.2) is 10.8 Å². The maximum absolute atomic E-state index is 12.7. The number of anilines is 1. The number of nitro benzene ring substituents is 1. The summed E-state index contributed by atoms with van der Waals surface area (Å²) in [5.41, 5.74) is 2.00. The third-order valence-corrected chi connectivity index (χ3v) is 5.26. The van der Waals surface area contributed by atoms with Crippen LogP contribution in [0, 0.1) is 24.0 Å². The fourth-order valence-electron chi connectivity index (χ4n) is 3.24. The van der Waals surface area contributed by atoms with Gasteiger partial charge in [0.15, 0.2) is 5.76 Å². The molecule has 0 saturated carbocycles. The fraction of sp³-hybridized carbons (Fsp3) is 0.115. The van der Waals surface area contributed by atoms with Crippen molar-refractivity contribution >= 4 is 28.9 Å². The van der Waals surface area contributed by atoms with Crippen molar-refractivity contribution in [1.29, 1.82) is 0 Å². The molecule has 0 radical (unpaired) electrons. The number of aryl methyl sites for hydroxylation is 2. The highest BCUT2D eigenvalue weighted by molar-refractivity contribution is 6.30. The number of carbonyl (C=O) groups is 1. The summed E-state index contributed by atoms with van der Waals surface area (Å²) >= 11 is 5.88. The first kappa shape index (κ1) is 23.8. The van der Waals surface area contributed by atoms with Gasteiger partial charge in [-0.25, -0.2) is 0 Å². The zero-order chi connectivity index (χ0) is 24.9. The van der Waals surface area contributed by atoms with E-state index in [1.54, 1.807) is 30.3 Å². The van der Waals surface area contributed by atoms with Gasteiger partial charge in [-0.05, 0) is 67.4 Å². The Kier molecular flexibility index (Phi) is 7.03. The predicted molar refractivity (Wildman–Crippen MR) is 132 cm³/mol. The average molecular weight is 493 g/mol. The van der Waals surface area contributed by atoms with Crippen LogP contribution in [0.5, 0.6) is 17.2 Å². The molecule has 1 heterocycles. The maximum atomic E-state index is 12.7. The predicted octanol–water partition coefficient (Wildman–Crippen LogP) is 7.08. The molecule has 1 aromatic heterocycles. The molecule has 0 spiro atoms. The van der Waals surface area contributed by atoms with Crippen LogP contribution in [0.2, 0.25) is 5.02 Å². The second-order valence-electron chi connectivity index (χ2n) is 7.81. The Labute approximate surface area is 206 Å². The minimum atomic E-state index is -0.569. The topological polar surface area (TPSA) is 104 Å². The molecular weight excluding hydrogens is 472 g/mol. The van der Waals surface area contributed by atoms with Crippen molar-refractivity contribution in [1.82, 2.24) is 0 Å². The van der Waals surface area contributed by atoms with Gasteiger partial charge in [-0.2, -0.15) is 0 Å². The lowest BCUT2D eigenvalue weighted by Crippen LogP contribution is -2.11. The van der Waals surface area contributed by atoms with Crippen LogP contribution in [0.25, 0.3) is 0 Å². The molecule has 0 fully saturated rings. The lowest BCUT2D eigenvalue weighted by Gasteiger charge is -2.09. The number of nitro groups is 1. The molecule has 0 aliphatic carbocycles. The van der Waals surface area contributed by atoms with Crippen LogP contribution in [0.3, 0.4) is 0 Å². The van der Waals surface area contributed by atoms with Crippen molar-refractivity contribution in [2.24, 2.45) is 0 Å². The molecule has 0 atom stereocenters. The highest BCUT2D eigenvalue weighted by atomic mass is 35.5. The van der Waals surface area contributed by atoms with Gasteiger partial charge >= 0.3 is 0 Å². The van der Waals surface area contributed by atoms with Crippen molar-refractivity contribution in [2.75, 3.05) is 5.32 Å². The summed E-state index contributed by atoms with van der Waals surface area (Å²) < 4.78 is 17.1. The van der Waals surface area contributed by atoms with E-state index in [1.165, 1.54) is 24.3 Å². The lowest BCUT2D eigenvalue weighted by atomic mass is 10.1. The molecule has 9 heteroatoms. The summed E-state index contributed by atoms with van der Waals surface area (Å²) in [7, 11) is 0. The molecule has 3 aromatic carbocycles. The minimum Gasteiger partial charge on any atom is -0.485 e. The van der Waals surface area contributed by atoms with Gasteiger partial charge in [0.2, 0.25) is 0 Å². The van der Waals surface area contributed by atoms with Crippen LogP contribution in [0.4, 0.5) is 11.4 Å². The number of furan rings is 1. The first-order valence-electron chi connectivity index (χ1n) is 10.6. The van der Waals surface area contributed by atoms with E-state index in [4.69, 9.17) is 25.5 Å². The van der Waals surface area contributed by atoms with E-state index in [-0.39, 0.29) is 29.5 Å². The lowest BCUT2D eigenvalue weighted by molar-refractivity contribution is -0.384. The van der Waals surface area contributed by atoms with E-state index in [0.29, 0.717) is 16.5 Å². The van der Waals surface area contributed by atoms with E-state index in [2.05, 4.69) is 5.32 Å². The second kappa shape index (κ2) is 10.3. The van der Waals surface area contributed by atoms with E-state index in [0.717, 1.165) is 16.9 Å². The van der Waals surface area contributed by atoms with E-state index < -0.39 is 10.8 Å². The normalized spacial score (nSPS) is 10.6. The molecule has 0 aliphatic heterocycles. The van der Waals surface area contributed by atoms with Crippen LogP contribution in [-0.2, 0) is 6.61 Å². The molecule has 4 aromatic rings. The first-order valence-corrected chi connectivity index (χ1v) is 11.0. The summed E-state index contributed by atoms with van der Waals surface area (Å²) in [5, 5.41) is 14.5. The van der Waals surface area contributed by atoms with Gasteiger partial charge in [0.25, 0.3) is 11.6 Å². The number of benzene rings is 3. The zero-order valence-electron chi connectivity index (χ0n) is 18.9. The van der Waals surface area contributed by atoms with Gasteiger partial charge < -0.3 is 19.2 Å². The quantitative estimate of drug-likeness (QED) is 0.208. The van der Waals surface area contributed by atoms with Crippen molar-refractivity contribution in [3.8, 4) is 17.2 Å². The van der Waals surface area contributed by atoms with Crippen molar-refractivity contribution in [3.05, 3.63) is 111 Å². The minimum absolute atomic E-state index is 0.0382. The van der Waals surface area contributed by atoms with Crippen molar-refractivity contribution in [3.63, 3.8) is 0 Å². The van der Waals surface area contributed by atoms with Crippen molar-refractivity contribution in [2.45, 2.75) is 20.5 Å². The van der Waals surface area contributed by atoms with Gasteiger partial charge in [0, 0.05) is 17.2 Å².